The summed E-state index contributed by atoms with van der Waals surface area (Å²) < 4.78 is 4.72. The summed E-state index contributed by atoms with van der Waals surface area (Å²) in [4.78, 5) is 18.5. The molecular formula is C10H16N2O2. The van der Waals surface area contributed by atoms with Gasteiger partial charge < -0.3 is 4.74 Å². The Morgan fingerprint density at radius 3 is 2.71 bits per heavy atom. The maximum atomic E-state index is 10.8. The van der Waals surface area contributed by atoms with Crippen molar-refractivity contribution in [1.82, 2.24) is 0 Å². The zero-order valence-electron chi connectivity index (χ0n) is 8.91. The Morgan fingerprint density at radius 1 is 1.43 bits per heavy atom. The van der Waals surface area contributed by atoms with E-state index in [0.29, 0.717) is 13.2 Å². The van der Waals surface area contributed by atoms with E-state index in [9.17, 15) is 4.79 Å². The lowest BCUT2D eigenvalue weighted by atomic mass is 10.4. The van der Waals surface area contributed by atoms with Gasteiger partial charge in [0.2, 0.25) is 0 Å². The Bertz CT molecular complexity index is 259. The molecule has 0 atom stereocenters. The zero-order chi connectivity index (χ0) is 10.8. The van der Waals surface area contributed by atoms with Crippen LogP contribution in [-0.2, 0) is 9.53 Å². The predicted octanol–water partition coefficient (Wildman–Crippen LogP) is 1.24. The zero-order valence-corrected chi connectivity index (χ0v) is 8.91. The molecule has 0 bridgehead atoms. The molecule has 0 radical (unpaired) electrons. The number of hydrogen-bond acceptors (Lipinski definition) is 4. The van der Waals surface area contributed by atoms with Crippen molar-refractivity contribution in [2.24, 2.45) is 9.98 Å². The number of esters is 1. The summed E-state index contributed by atoms with van der Waals surface area (Å²) in [5.74, 6) is 4.82. The number of aliphatic imine (C=N–C) groups is 2. The lowest BCUT2D eigenvalue weighted by Gasteiger charge is -1.96. The summed E-state index contributed by atoms with van der Waals surface area (Å²) in [6.45, 7) is 6.43. The largest absolute Gasteiger partial charge is 0.466 e. The second-order valence-electron chi connectivity index (χ2n) is 2.88. The van der Waals surface area contributed by atoms with Gasteiger partial charge in [-0.1, -0.05) is 0 Å². The standard InChI is InChI=1S/C10H16N2O2/c1-4-14-10(13)5-6-11-7-8-12-9(2)3/h9H,4-6H2,1-3H3. The molecule has 78 valence electrons. The molecule has 0 saturated heterocycles. The summed E-state index contributed by atoms with van der Waals surface area (Å²) in [7, 11) is 0. The first-order valence-electron chi connectivity index (χ1n) is 4.68. The monoisotopic (exact) mass is 196 g/mol. The Labute approximate surface area is 84.4 Å². The van der Waals surface area contributed by atoms with Gasteiger partial charge in [-0.2, -0.15) is 0 Å². The van der Waals surface area contributed by atoms with Gasteiger partial charge in [0.05, 0.1) is 37.4 Å². The van der Waals surface area contributed by atoms with E-state index in [1.54, 1.807) is 6.92 Å². The molecule has 0 spiro atoms. The van der Waals surface area contributed by atoms with Crippen LogP contribution in [0.4, 0.5) is 0 Å². The van der Waals surface area contributed by atoms with Crippen molar-refractivity contribution < 1.29 is 9.53 Å². The molecule has 0 aromatic heterocycles. The van der Waals surface area contributed by atoms with E-state index in [2.05, 4.69) is 21.7 Å². The fourth-order valence-electron chi connectivity index (χ4n) is 0.630. The highest BCUT2D eigenvalue weighted by Gasteiger charge is 1.97. The van der Waals surface area contributed by atoms with Crippen molar-refractivity contribution in [2.75, 3.05) is 13.2 Å². The van der Waals surface area contributed by atoms with Gasteiger partial charge in [-0.3, -0.25) is 4.79 Å². The topological polar surface area (TPSA) is 51.0 Å². The van der Waals surface area contributed by atoms with E-state index in [4.69, 9.17) is 4.74 Å². The molecule has 0 saturated carbocycles. The molecular weight excluding hydrogens is 180 g/mol. The second-order valence-corrected chi connectivity index (χ2v) is 2.88. The molecule has 4 nitrogen and oxygen atoms in total. The maximum Gasteiger partial charge on any atom is 0.307 e. The Balaban J connectivity index is 3.73. The Morgan fingerprint density at radius 2 is 2.14 bits per heavy atom. The van der Waals surface area contributed by atoms with E-state index in [-0.39, 0.29) is 18.4 Å². The van der Waals surface area contributed by atoms with Crippen molar-refractivity contribution >= 4 is 17.7 Å². The summed E-state index contributed by atoms with van der Waals surface area (Å²) in [6, 6.07) is 0.197. The molecule has 0 heterocycles. The van der Waals surface area contributed by atoms with Gasteiger partial charge in [0, 0.05) is 0 Å². The molecule has 0 aliphatic carbocycles. The van der Waals surface area contributed by atoms with Gasteiger partial charge >= 0.3 is 5.97 Å². The van der Waals surface area contributed by atoms with Gasteiger partial charge in [-0.15, -0.1) is 0 Å². The summed E-state index contributed by atoms with van der Waals surface area (Å²) in [5.41, 5.74) is 0. The van der Waals surface area contributed by atoms with Gasteiger partial charge in [-0.05, 0) is 20.8 Å². The maximum absolute atomic E-state index is 10.8. The number of hydrogen-bond donors (Lipinski definition) is 0. The van der Waals surface area contributed by atoms with E-state index in [1.165, 1.54) is 0 Å². The van der Waals surface area contributed by atoms with Crippen LogP contribution < -0.4 is 0 Å². The fraction of sp³-hybridized carbons (Fsp3) is 0.700. The molecule has 0 aliphatic rings. The van der Waals surface area contributed by atoms with Crippen molar-refractivity contribution in [2.45, 2.75) is 33.2 Å². The minimum atomic E-state index is -0.237. The lowest BCUT2D eigenvalue weighted by Crippen LogP contribution is -2.04. The Kier molecular flexibility index (Phi) is 7.43. The Hall–Kier alpha value is -1.37. The first kappa shape index (κ1) is 12.6. The molecule has 0 aromatic carbocycles. The molecule has 0 aliphatic heterocycles. The van der Waals surface area contributed by atoms with E-state index in [0.717, 1.165) is 0 Å². The van der Waals surface area contributed by atoms with Crippen LogP contribution in [0.25, 0.3) is 0 Å². The van der Waals surface area contributed by atoms with Gasteiger partial charge in [-0.25, -0.2) is 9.98 Å². The van der Waals surface area contributed by atoms with Crippen LogP contribution in [0, 0.1) is 0 Å². The van der Waals surface area contributed by atoms with Crippen LogP contribution in [-0.4, -0.2) is 36.9 Å². The third-order valence-electron chi connectivity index (χ3n) is 1.18. The molecule has 4 heteroatoms. The lowest BCUT2D eigenvalue weighted by molar-refractivity contribution is -0.142. The minimum absolute atomic E-state index is 0.197. The van der Waals surface area contributed by atoms with Crippen LogP contribution in [0.3, 0.4) is 0 Å². The third-order valence-corrected chi connectivity index (χ3v) is 1.18. The van der Waals surface area contributed by atoms with Gasteiger partial charge in [0.25, 0.3) is 0 Å². The van der Waals surface area contributed by atoms with E-state index < -0.39 is 0 Å². The number of carbonyl (C=O) groups is 1. The fourth-order valence-corrected chi connectivity index (χ4v) is 0.630. The van der Waals surface area contributed by atoms with Crippen LogP contribution in [0.2, 0.25) is 0 Å². The number of ether oxygens (including phenoxy) is 1. The predicted molar refractivity (Wildman–Crippen MR) is 56.1 cm³/mol. The van der Waals surface area contributed by atoms with E-state index in [1.807, 2.05) is 13.8 Å². The van der Waals surface area contributed by atoms with Crippen LogP contribution in [0.5, 0.6) is 0 Å². The molecule has 0 rings (SSSR count). The minimum Gasteiger partial charge on any atom is -0.466 e. The first-order chi connectivity index (χ1) is 6.66. The average Bonchev–Trinajstić information content (AvgIpc) is 2.11. The highest BCUT2D eigenvalue weighted by molar-refractivity contribution is 5.88. The van der Waals surface area contributed by atoms with Crippen LogP contribution in [0.1, 0.15) is 27.2 Å². The summed E-state index contributed by atoms with van der Waals surface area (Å²) in [6.07, 6.45) is 0.282. The van der Waals surface area contributed by atoms with Crippen molar-refractivity contribution in [3.8, 4) is 0 Å². The normalized spacial score (nSPS) is 8.86. The van der Waals surface area contributed by atoms with Crippen molar-refractivity contribution in [3.63, 3.8) is 0 Å². The number of rotatable bonds is 5. The molecule has 0 aromatic rings. The van der Waals surface area contributed by atoms with E-state index >= 15 is 0 Å². The number of nitrogens with zero attached hydrogens (tertiary/aromatic N) is 2. The first-order valence-corrected chi connectivity index (χ1v) is 4.68. The molecule has 14 heavy (non-hydrogen) atoms. The summed E-state index contributed by atoms with van der Waals surface area (Å²) >= 11 is 0. The molecule has 0 N–H and O–H groups in total. The quantitative estimate of drug-likeness (QED) is 0.490. The van der Waals surface area contributed by atoms with Crippen molar-refractivity contribution in [1.29, 1.82) is 0 Å². The number of carbonyl (C=O) groups excluding carboxylic acids is 1. The van der Waals surface area contributed by atoms with Crippen LogP contribution in [0.15, 0.2) is 9.98 Å². The average molecular weight is 196 g/mol. The highest BCUT2D eigenvalue weighted by atomic mass is 16.5. The van der Waals surface area contributed by atoms with Gasteiger partial charge in [0.1, 0.15) is 0 Å². The van der Waals surface area contributed by atoms with Crippen molar-refractivity contribution in [3.05, 3.63) is 0 Å². The summed E-state index contributed by atoms with van der Waals surface area (Å²) in [5, 5.41) is 0. The highest BCUT2D eigenvalue weighted by Crippen LogP contribution is 1.85. The second kappa shape index (κ2) is 8.24. The van der Waals surface area contributed by atoms with Gasteiger partial charge in [0.15, 0.2) is 0 Å². The molecule has 0 unspecified atom stereocenters. The smallest absolute Gasteiger partial charge is 0.307 e. The third kappa shape index (κ3) is 8.72. The molecule has 0 amide bonds. The SMILES string of the molecule is CCOC(=O)CCN=C=C=NC(C)C. The molecule has 0 fully saturated rings. The van der Waals surface area contributed by atoms with Crippen LogP contribution >= 0.6 is 0 Å².